The minimum atomic E-state index is -0.0342. The van der Waals surface area contributed by atoms with Crippen molar-refractivity contribution < 1.29 is 14.3 Å². The van der Waals surface area contributed by atoms with Gasteiger partial charge in [0.1, 0.15) is 0 Å². The molecule has 4 rings (SSSR count). The van der Waals surface area contributed by atoms with Gasteiger partial charge in [-0.1, -0.05) is 0 Å². The highest BCUT2D eigenvalue weighted by molar-refractivity contribution is 7.99. The minimum Gasteiger partial charge on any atom is -0.454 e. The fourth-order valence-corrected chi connectivity index (χ4v) is 4.11. The number of carbonyl (C=O) groups excluding carboxylic acids is 1. The van der Waals surface area contributed by atoms with E-state index in [0.717, 1.165) is 29.5 Å². The van der Waals surface area contributed by atoms with Crippen LogP contribution in [-0.4, -0.2) is 41.3 Å². The Hall–Kier alpha value is -1.40. The summed E-state index contributed by atoms with van der Waals surface area (Å²) < 4.78 is 10.9. The SMILES string of the molecule is CC1Cc2cc3c(cc2CN1C(=O)C1CSCN1)OCO3. The minimum absolute atomic E-state index is 0.0342. The molecule has 0 spiro atoms. The summed E-state index contributed by atoms with van der Waals surface area (Å²) in [6.07, 6.45) is 0.873. The fraction of sp³-hybridized carbons (Fsp3) is 0.533. The maximum Gasteiger partial charge on any atom is 0.241 e. The van der Waals surface area contributed by atoms with Crippen molar-refractivity contribution in [2.75, 3.05) is 18.4 Å². The van der Waals surface area contributed by atoms with Crippen molar-refractivity contribution in [1.29, 1.82) is 0 Å². The third-order valence-electron chi connectivity index (χ3n) is 4.38. The van der Waals surface area contributed by atoms with E-state index in [1.54, 1.807) is 11.8 Å². The molecule has 3 heterocycles. The van der Waals surface area contributed by atoms with Crippen LogP contribution in [-0.2, 0) is 17.8 Å². The Bertz CT molecular complexity index is 587. The molecule has 1 aromatic rings. The molecular weight excluding hydrogens is 288 g/mol. The van der Waals surface area contributed by atoms with Crippen molar-refractivity contribution in [3.05, 3.63) is 23.3 Å². The summed E-state index contributed by atoms with van der Waals surface area (Å²) >= 11 is 1.78. The Morgan fingerprint density at radius 2 is 2.10 bits per heavy atom. The van der Waals surface area contributed by atoms with Crippen molar-refractivity contribution in [2.45, 2.75) is 32.0 Å². The molecule has 21 heavy (non-hydrogen) atoms. The molecule has 5 nitrogen and oxygen atoms in total. The van der Waals surface area contributed by atoms with Crippen LogP contribution in [0.4, 0.5) is 0 Å². The number of fused-ring (bicyclic) bond motifs is 2. The molecule has 3 aliphatic heterocycles. The van der Waals surface area contributed by atoms with E-state index in [9.17, 15) is 4.79 Å². The van der Waals surface area contributed by atoms with Crippen LogP contribution in [0.25, 0.3) is 0 Å². The van der Waals surface area contributed by atoms with Crippen molar-refractivity contribution in [2.24, 2.45) is 0 Å². The first-order valence-electron chi connectivity index (χ1n) is 7.25. The summed E-state index contributed by atoms with van der Waals surface area (Å²) in [4.78, 5) is 14.6. The van der Waals surface area contributed by atoms with Crippen LogP contribution in [0.1, 0.15) is 18.1 Å². The molecule has 1 N–H and O–H groups in total. The topological polar surface area (TPSA) is 50.8 Å². The smallest absolute Gasteiger partial charge is 0.241 e. The summed E-state index contributed by atoms with van der Waals surface area (Å²) in [6, 6.07) is 4.28. The van der Waals surface area contributed by atoms with Gasteiger partial charge >= 0.3 is 0 Å². The third-order valence-corrected chi connectivity index (χ3v) is 5.32. The van der Waals surface area contributed by atoms with Gasteiger partial charge in [-0.05, 0) is 36.6 Å². The van der Waals surface area contributed by atoms with E-state index in [1.165, 1.54) is 11.1 Å². The number of hydrogen-bond donors (Lipinski definition) is 1. The molecule has 1 fully saturated rings. The van der Waals surface area contributed by atoms with Crippen molar-refractivity contribution >= 4 is 17.7 Å². The predicted octanol–water partition coefficient (Wildman–Crippen LogP) is 1.35. The lowest BCUT2D eigenvalue weighted by molar-refractivity contribution is -0.135. The zero-order valence-corrected chi connectivity index (χ0v) is 12.7. The molecule has 1 amide bonds. The van der Waals surface area contributed by atoms with E-state index < -0.39 is 0 Å². The Labute approximate surface area is 128 Å². The van der Waals surface area contributed by atoms with Crippen LogP contribution in [0, 0.1) is 0 Å². The van der Waals surface area contributed by atoms with Gasteiger partial charge in [-0.2, -0.15) is 0 Å². The Morgan fingerprint density at radius 1 is 1.33 bits per heavy atom. The molecule has 2 atom stereocenters. The average molecular weight is 306 g/mol. The second-order valence-corrected chi connectivity index (χ2v) is 6.80. The summed E-state index contributed by atoms with van der Waals surface area (Å²) in [5.74, 6) is 3.58. The first-order chi connectivity index (χ1) is 10.2. The molecule has 0 aliphatic carbocycles. The lowest BCUT2D eigenvalue weighted by atomic mass is 9.93. The van der Waals surface area contributed by atoms with Gasteiger partial charge in [-0.25, -0.2) is 0 Å². The van der Waals surface area contributed by atoms with Crippen LogP contribution >= 0.6 is 11.8 Å². The lowest BCUT2D eigenvalue weighted by Gasteiger charge is -2.36. The van der Waals surface area contributed by atoms with E-state index in [4.69, 9.17) is 9.47 Å². The molecule has 0 saturated carbocycles. The van der Waals surface area contributed by atoms with Crippen molar-refractivity contribution in [3.8, 4) is 11.5 Å². The molecule has 6 heteroatoms. The number of benzene rings is 1. The highest BCUT2D eigenvalue weighted by Gasteiger charge is 2.34. The van der Waals surface area contributed by atoms with Gasteiger partial charge in [0.2, 0.25) is 12.7 Å². The van der Waals surface area contributed by atoms with Crippen molar-refractivity contribution in [3.63, 3.8) is 0 Å². The maximum atomic E-state index is 12.6. The van der Waals surface area contributed by atoms with Gasteiger partial charge in [0.05, 0.1) is 6.04 Å². The van der Waals surface area contributed by atoms with Crippen LogP contribution in [0.2, 0.25) is 0 Å². The van der Waals surface area contributed by atoms with Crippen molar-refractivity contribution in [1.82, 2.24) is 10.2 Å². The number of nitrogens with zero attached hydrogens (tertiary/aromatic N) is 1. The highest BCUT2D eigenvalue weighted by Crippen LogP contribution is 2.37. The molecule has 1 aromatic carbocycles. The maximum absolute atomic E-state index is 12.6. The zero-order chi connectivity index (χ0) is 14.4. The molecule has 0 bridgehead atoms. The highest BCUT2D eigenvalue weighted by atomic mass is 32.2. The zero-order valence-electron chi connectivity index (χ0n) is 11.9. The van der Waals surface area contributed by atoms with Gasteiger partial charge in [-0.3, -0.25) is 10.1 Å². The van der Waals surface area contributed by atoms with E-state index in [2.05, 4.69) is 18.3 Å². The van der Waals surface area contributed by atoms with Gasteiger partial charge in [-0.15, -0.1) is 11.8 Å². The second-order valence-electron chi connectivity index (χ2n) is 5.77. The molecular formula is C15H18N2O3S. The van der Waals surface area contributed by atoms with E-state index in [1.807, 2.05) is 11.0 Å². The quantitative estimate of drug-likeness (QED) is 0.849. The van der Waals surface area contributed by atoms with Gasteiger partial charge in [0.15, 0.2) is 11.5 Å². The van der Waals surface area contributed by atoms with E-state index >= 15 is 0 Å². The number of hydrogen-bond acceptors (Lipinski definition) is 5. The molecule has 112 valence electrons. The molecule has 0 aromatic heterocycles. The predicted molar refractivity (Wildman–Crippen MR) is 80.5 cm³/mol. The van der Waals surface area contributed by atoms with Gasteiger partial charge in [0, 0.05) is 24.2 Å². The lowest BCUT2D eigenvalue weighted by Crippen LogP contribution is -2.50. The van der Waals surface area contributed by atoms with Crippen LogP contribution in [0.3, 0.4) is 0 Å². The van der Waals surface area contributed by atoms with Crippen LogP contribution < -0.4 is 14.8 Å². The number of amides is 1. The standard InChI is InChI=1S/C15H18N2O3S/c1-9-2-10-3-13-14(20-8-19-13)4-11(10)5-17(9)15(18)12-6-21-7-16-12/h3-4,9,12,16H,2,5-8H2,1H3. The van der Waals surface area contributed by atoms with Gasteiger partial charge in [0.25, 0.3) is 0 Å². The summed E-state index contributed by atoms with van der Waals surface area (Å²) in [5, 5.41) is 3.27. The Morgan fingerprint density at radius 3 is 2.81 bits per heavy atom. The van der Waals surface area contributed by atoms with Crippen LogP contribution in [0.5, 0.6) is 11.5 Å². The number of ether oxygens (including phenoxy) is 2. The summed E-state index contributed by atoms with van der Waals surface area (Å²) in [6.45, 7) is 3.07. The van der Waals surface area contributed by atoms with Crippen LogP contribution in [0.15, 0.2) is 12.1 Å². The normalized spacial score (nSPS) is 26.8. The first kappa shape index (κ1) is 13.3. The molecule has 2 unspecified atom stereocenters. The number of rotatable bonds is 1. The first-order valence-corrected chi connectivity index (χ1v) is 8.41. The second kappa shape index (κ2) is 5.10. The third kappa shape index (κ3) is 2.26. The molecule has 1 saturated heterocycles. The largest absolute Gasteiger partial charge is 0.454 e. The average Bonchev–Trinajstić information content (AvgIpc) is 3.14. The number of thioether (sulfide) groups is 1. The van der Waals surface area contributed by atoms with E-state index in [0.29, 0.717) is 13.3 Å². The van der Waals surface area contributed by atoms with E-state index in [-0.39, 0.29) is 18.0 Å². The monoisotopic (exact) mass is 306 g/mol. The number of carbonyl (C=O) groups is 1. The molecule has 3 aliphatic rings. The van der Waals surface area contributed by atoms with Gasteiger partial charge < -0.3 is 14.4 Å². The number of nitrogens with one attached hydrogen (secondary N) is 1. The molecule has 0 radical (unpaired) electrons. The Kier molecular flexibility index (Phi) is 3.23. The Balaban J connectivity index is 1.60. The summed E-state index contributed by atoms with van der Waals surface area (Å²) in [5.41, 5.74) is 2.45. The fourth-order valence-electron chi connectivity index (χ4n) is 3.18. The summed E-state index contributed by atoms with van der Waals surface area (Å²) in [7, 11) is 0.